The highest BCUT2D eigenvalue weighted by molar-refractivity contribution is 5.80. The topological polar surface area (TPSA) is 40.1 Å². The first-order valence-electron chi connectivity index (χ1n) is 10.9. The Morgan fingerprint density at radius 3 is 2.27 bits per heavy atom. The van der Waals surface area contributed by atoms with Crippen LogP contribution in [0, 0.1) is 11.8 Å². The Morgan fingerprint density at radius 1 is 1.08 bits per heavy atom. The van der Waals surface area contributed by atoms with Gasteiger partial charge in [-0.15, -0.1) is 0 Å². The number of rotatable bonds is 7. The maximum atomic E-state index is 5.79. The van der Waals surface area contributed by atoms with Gasteiger partial charge in [-0.1, -0.05) is 20.8 Å². The predicted molar refractivity (Wildman–Crippen MR) is 111 cm³/mol. The fraction of sp³-hybridized carbons (Fsp3) is 0.952. The van der Waals surface area contributed by atoms with Crippen molar-refractivity contribution in [1.82, 2.24) is 15.1 Å². The van der Waals surface area contributed by atoms with Crippen molar-refractivity contribution in [1.29, 1.82) is 0 Å². The molecule has 2 aliphatic heterocycles. The van der Waals surface area contributed by atoms with E-state index < -0.39 is 0 Å². The van der Waals surface area contributed by atoms with E-state index >= 15 is 0 Å². The van der Waals surface area contributed by atoms with Crippen molar-refractivity contribution >= 4 is 5.96 Å². The molecule has 0 aliphatic carbocycles. The summed E-state index contributed by atoms with van der Waals surface area (Å²) in [6.07, 6.45) is 5.31. The molecule has 0 amide bonds. The van der Waals surface area contributed by atoms with E-state index in [-0.39, 0.29) is 0 Å². The molecule has 0 aromatic carbocycles. The zero-order valence-corrected chi connectivity index (χ0v) is 17.8. The lowest BCUT2D eigenvalue weighted by Crippen LogP contribution is -2.49. The zero-order valence-electron chi connectivity index (χ0n) is 17.8. The van der Waals surface area contributed by atoms with Gasteiger partial charge in [-0.2, -0.15) is 0 Å². The fourth-order valence-electron chi connectivity index (χ4n) is 4.18. The smallest absolute Gasteiger partial charge is 0.193 e. The molecule has 1 N–H and O–H groups in total. The molecule has 1 atom stereocenters. The summed E-state index contributed by atoms with van der Waals surface area (Å²) in [5.74, 6) is 2.61. The number of nitrogens with zero attached hydrogens (tertiary/aromatic N) is 3. The molecule has 0 spiro atoms. The average Bonchev–Trinajstić information content (AvgIpc) is 2.63. The SMILES string of the molecule is CCNC(=NCC(C(C)C)N1CCC(C)CC1)N1CCC(OCC)CC1. The van der Waals surface area contributed by atoms with Crippen LogP contribution in [0.25, 0.3) is 0 Å². The molecule has 0 aromatic heterocycles. The number of ether oxygens (including phenoxy) is 1. The number of hydrogen-bond acceptors (Lipinski definition) is 3. The minimum atomic E-state index is 0.429. The highest BCUT2D eigenvalue weighted by Crippen LogP contribution is 2.22. The quantitative estimate of drug-likeness (QED) is 0.555. The molecule has 2 rings (SSSR count). The summed E-state index contributed by atoms with van der Waals surface area (Å²) in [5, 5.41) is 3.52. The van der Waals surface area contributed by atoms with Crippen molar-refractivity contribution in [2.45, 2.75) is 72.4 Å². The third-order valence-corrected chi connectivity index (χ3v) is 5.96. The molecule has 0 radical (unpaired) electrons. The summed E-state index contributed by atoms with van der Waals surface area (Å²) >= 11 is 0. The van der Waals surface area contributed by atoms with E-state index in [0.29, 0.717) is 18.1 Å². The Hall–Kier alpha value is -0.810. The van der Waals surface area contributed by atoms with Gasteiger partial charge in [0.05, 0.1) is 12.6 Å². The van der Waals surface area contributed by atoms with Gasteiger partial charge in [-0.05, 0) is 64.5 Å². The van der Waals surface area contributed by atoms with E-state index in [9.17, 15) is 0 Å². The third-order valence-electron chi connectivity index (χ3n) is 5.96. The minimum absolute atomic E-state index is 0.429. The molecule has 2 heterocycles. The van der Waals surface area contributed by atoms with Gasteiger partial charge in [0.1, 0.15) is 0 Å². The van der Waals surface area contributed by atoms with E-state index in [0.717, 1.165) is 57.5 Å². The second-order valence-corrected chi connectivity index (χ2v) is 8.37. The molecule has 2 aliphatic rings. The molecule has 0 aromatic rings. The molecule has 152 valence electrons. The Labute approximate surface area is 161 Å². The lowest BCUT2D eigenvalue weighted by molar-refractivity contribution is 0.0263. The van der Waals surface area contributed by atoms with Gasteiger partial charge in [0.15, 0.2) is 5.96 Å². The van der Waals surface area contributed by atoms with E-state index in [2.05, 4.69) is 49.7 Å². The van der Waals surface area contributed by atoms with Gasteiger partial charge in [-0.25, -0.2) is 0 Å². The van der Waals surface area contributed by atoms with Crippen molar-refractivity contribution < 1.29 is 4.74 Å². The normalized spacial score (nSPS) is 22.8. The molecular formula is C21H42N4O. The molecule has 26 heavy (non-hydrogen) atoms. The molecule has 2 saturated heterocycles. The van der Waals surface area contributed by atoms with Crippen molar-refractivity contribution in [3.05, 3.63) is 0 Å². The number of nitrogens with one attached hydrogen (secondary N) is 1. The van der Waals surface area contributed by atoms with E-state index in [1.54, 1.807) is 0 Å². The monoisotopic (exact) mass is 366 g/mol. The standard InChI is InChI=1S/C21H42N4O/c1-6-22-21(25-14-10-19(11-15-25)26-7-2)23-16-20(17(3)4)24-12-8-18(5)9-13-24/h17-20H,6-16H2,1-5H3,(H,22,23). The van der Waals surface area contributed by atoms with Crippen molar-refractivity contribution in [2.75, 3.05) is 45.9 Å². The fourth-order valence-corrected chi connectivity index (χ4v) is 4.18. The molecule has 0 saturated carbocycles. The number of piperidine rings is 2. The van der Waals surface area contributed by atoms with Crippen LogP contribution in [0.3, 0.4) is 0 Å². The zero-order chi connectivity index (χ0) is 18.9. The number of hydrogen-bond donors (Lipinski definition) is 1. The summed E-state index contributed by atoms with van der Waals surface area (Å²) in [6, 6.07) is 0.553. The number of guanidine groups is 1. The van der Waals surface area contributed by atoms with Gasteiger partial charge in [0.2, 0.25) is 0 Å². The maximum Gasteiger partial charge on any atom is 0.193 e. The molecule has 1 unspecified atom stereocenters. The van der Waals surface area contributed by atoms with Crippen molar-refractivity contribution in [3.8, 4) is 0 Å². The van der Waals surface area contributed by atoms with Crippen LogP contribution in [-0.4, -0.2) is 73.8 Å². The Bertz CT molecular complexity index is 410. The summed E-state index contributed by atoms with van der Waals surface area (Å²) < 4.78 is 5.79. The van der Waals surface area contributed by atoms with Crippen LogP contribution in [0.2, 0.25) is 0 Å². The second kappa shape index (κ2) is 11.1. The first kappa shape index (κ1) is 21.5. The first-order chi connectivity index (χ1) is 12.5. The van der Waals surface area contributed by atoms with E-state index in [4.69, 9.17) is 9.73 Å². The van der Waals surface area contributed by atoms with E-state index in [1.807, 2.05) is 0 Å². The predicted octanol–water partition coefficient (Wildman–Crippen LogP) is 3.21. The van der Waals surface area contributed by atoms with Gasteiger partial charge in [0, 0.05) is 32.3 Å². The largest absolute Gasteiger partial charge is 0.378 e. The minimum Gasteiger partial charge on any atom is -0.378 e. The van der Waals surface area contributed by atoms with Crippen molar-refractivity contribution in [2.24, 2.45) is 16.8 Å². The van der Waals surface area contributed by atoms with Crippen LogP contribution in [0.5, 0.6) is 0 Å². The molecule has 5 heteroatoms. The summed E-state index contributed by atoms with van der Waals surface area (Å²) in [4.78, 5) is 10.2. The average molecular weight is 367 g/mol. The Balaban J connectivity index is 1.95. The lowest BCUT2D eigenvalue weighted by atomic mass is 9.94. The lowest BCUT2D eigenvalue weighted by Gasteiger charge is -2.39. The van der Waals surface area contributed by atoms with Crippen LogP contribution in [-0.2, 0) is 4.74 Å². The molecule has 2 fully saturated rings. The van der Waals surface area contributed by atoms with Gasteiger partial charge in [0.25, 0.3) is 0 Å². The second-order valence-electron chi connectivity index (χ2n) is 8.37. The summed E-state index contributed by atoms with van der Waals surface area (Å²) in [5.41, 5.74) is 0. The van der Waals surface area contributed by atoms with Gasteiger partial charge >= 0.3 is 0 Å². The number of aliphatic imine (C=N–C) groups is 1. The van der Waals surface area contributed by atoms with Crippen molar-refractivity contribution in [3.63, 3.8) is 0 Å². The van der Waals surface area contributed by atoms with Crippen LogP contribution < -0.4 is 5.32 Å². The summed E-state index contributed by atoms with van der Waals surface area (Å²) in [7, 11) is 0. The first-order valence-corrected chi connectivity index (χ1v) is 10.9. The molecule has 5 nitrogen and oxygen atoms in total. The Morgan fingerprint density at radius 2 is 1.73 bits per heavy atom. The Kier molecular flexibility index (Phi) is 9.20. The van der Waals surface area contributed by atoms with Crippen LogP contribution in [0.4, 0.5) is 0 Å². The maximum absolute atomic E-state index is 5.79. The van der Waals surface area contributed by atoms with Crippen LogP contribution >= 0.6 is 0 Å². The van der Waals surface area contributed by atoms with Gasteiger partial charge in [-0.3, -0.25) is 9.89 Å². The van der Waals surface area contributed by atoms with Gasteiger partial charge < -0.3 is 15.0 Å². The van der Waals surface area contributed by atoms with E-state index in [1.165, 1.54) is 25.9 Å². The summed E-state index contributed by atoms with van der Waals surface area (Å²) in [6.45, 7) is 18.5. The van der Waals surface area contributed by atoms with Crippen LogP contribution in [0.1, 0.15) is 60.3 Å². The van der Waals surface area contributed by atoms with Crippen LogP contribution in [0.15, 0.2) is 4.99 Å². The highest BCUT2D eigenvalue weighted by Gasteiger charge is 2.26. The number of likely N-dealkylation sites (tertiary alicyclic amines) is 2. The highest BCUT2D eigenvalue weighted by atomic mass is 16.5. The molecular weight excluding hydrogens is 324 g/mol. The third kappa shape index (κ3) is 6.41. The molecule has 0 bridgehead atoms.